The molecule has 0 fully saturated rings. The Labute approximate surface area is 287 Å². The summed E-state index contributed by atoms with van der Waals surface area (Å²) in [6.45, 7) is 7.00. The first-order chi connectivity index (χ1) is 23.0. The van der Waals surface area contributed by atoms with Crippen LogP contribution in [0.3, 0.4) is 0 Å². The fourth-order valence-corrected chi connectivity index (χ4v) is 8.44. The average molecular weight is 633 g/mol. The summed E-state index contributed by atoms with van der Waals surface area (Å²) < 4.78 is 0. The molecule has 7 rings (SSSR count). The van der Waals surface area contributed by atoms with E-state index in [1.807, 2.05) is 0 Å². The SMILES string of the molecule is Cc1ccc(CCCCCCCCCCS)c(-c2c3ccccc3c(-c3ccc4c(c3)C(C)(C)c3ccccc3-4)c3ccccc23)c1. The van der Waals surface area contributed by atoms with Gasteiger partial charge in [0.1, 0.15) is 0 Å². The highest BCUT2D eigenvalue weighted by Gasteiger charge is 2.35. The predicted molar refractivity (Wildman–Crippen MR) is 209 cm³/mol. The van der Waals surface area contributed by atoms with E-state index in [1.54, 1.807) is 0 Å². The van der Waals surface area contributed by atoms with Crippen molar-refractivity contribution in [2.75, 3.05) is 5.75 Å². The molecule has 238 valence electrons. The van der Waals surface area contributed by atoms with E-state index in [-0.39, 0.29) is 5.41 Å². The number of benzene rings is 6. The van der Waals surface area contributed by atoms with Crippen LogP contribution in [0.1, 0.15) is 87.5 Å². The lowest BCUT2D eigenvalue weighted by molar-refractivity contribution is 0.577. The van der Waals surface area contributed by atoms with Gasteiger partial charge >= 0.3 is 0 Å². The molecule has 1 aliphatic rings. The Hall–Kier alpha value is -3.81. The van der Waals surface area contributed by atoms with E-state index in [4.69, 9.17) is 0 Å². The Morgan fingerprint density at radius 2 is 1.04 bits per heavy atom. The monoisotopic (exact) mass is 632 g/mol. The van der Waals surface area contributed by atoms with Crippen LogP contribution in [0.4, 0.5) is 0 Å². The standard InChI is InChI=1S/C46H48S/c1-32-25-26-33(18-10-8-6-4-5-7-9-17-29-47)41(30-32)45-39-22-13-11-20-37(39)44(38-21-12-14-23-40(38)45)34-27-28-36-35-19-15-16-24-42(35)46(2,3)43(36)31-34/h11-16,19-28,30-31,47H,4-10,17-18,29H2,1-3H3. The number of fused-ring (bicyclic) bond motifs is 5. The summed E-state index contributed by atoms with van der Waals surface area (Å²) in [7, 11) is 0. The van der Waals surface area contributed by atoms with E-state index < -0.39 is 0 Å². The molecule has 0 nitrogen and oxygen atoms in total. The lowest BCUT2D eigenvalue weighted by Gasteiger charge is -2.23. The van der Waals surface area contributed by atoms with Gasteiger partial charge in [0.25, 0.3) is 0 Å². The van der Waals surface area contributed by atoms with Crippen molar-refractivity contribution < 1.29 is 0 Å². The van der Waals surface area contributed by atoms with Crippen LogP contribution in [0, 0.1) is 6.92 Å². The Kier molecular flexibility index (Phi) is 9.29. The summed E-state index contributed by atoms with van der Waals surface area (Å²) in [6.07, 6.45) is 11.7. The third kappa shape index (κ3) is 6.04. The van der Waals surface area contributed by atoms with Crippen molar-refractivity contribution in [2.24, 2.45) is 0 Å². The second kappa shape index (κ2) is 13.7. The van der Waals surface area contributed by atoms with Crippen LogP contribution in [-0.2, 0) is 11.8 Å². The molecule has 0 spiro atoms. The van der Waals surface area contributed by atoms with Crippen molar-refractivity contribution in [1.29, 1.82) is 0 Å². The van der Waals surface area contributed by atoms with E-state index in [2.05, 4.69) is 143 Å². The number of hydrogen-bond acceptors (Lipinski definition) is 1. The summed E-state index contributed by atoms with van der Waals surface area (Å²) in [4.78, 5) is 0. The molecule has 0 radical (unpaired) electrons. The summed E-state index contributed by atoms with van der Waals surface area (Å²) >= 11 is 4.35. The summed E-state index contributed by atoms with van der Waals surface area (Å²) in [5.41, 5.74) is 13.8. The van der Waals surface area contributed by atoms with Crippen LogP contribution in [0.15, 0.2) is 109 Å². The molecular formula is C46H48S. The van der Waals surface area contributed by atoms with Gasteiger partial charge < -0.3 is 0 Å². The minimum Gasteiger partial charge on any atom is -0.179 e. The second-order valence-corrected chi connectivity index (χ2v) is 14.7. The van der Waals surface area contributed by atoms with Gasteiger partial charge in [-0.25, -0.2) is 0 Å². The summed E-state index contributed by atoms with van der Waals surface area (Å²) in [6, 6.07) is 41.6. The van der Waals surface area contributed by atoms with Gasteiger partial charge in [-0.1, -0.05) is 161 Å². The van der Waals surface area contributed by atoms with Crippen molar-refractivity contribution in [3.05, 3.63) is 131 Å². The molecule has 0 amide bonds. The fraction of sp³-hybridized carbons (Fsp3) is 0.304. The van der Waals surface area contributed by atoms with E-state index in [1.165, 1.54) is 129 Å². The Bertz CT molecular complexity index is 1990. The number of unbranched alkanes of at least 4 members (excludes halogenated alkanes) is 7. The molecule has 0 atom stereocenters. The minimum absolute atomic E-state index is 0.0315. The van der Waals surface area contributed by atoms with E-state index in [9.17, 15) is 0 Å². The number of aryl methyl sites for hydroxylation is 2. The molecule has 1 aliphatic carbocycles. The number of thiol groups is 1. The van der Waals surface area contributed by atoms with Crippen LogP contribution in [0.5, 0.6) is 0 Å². The highest BCUT2D eigenvalue weighted by atomic mass is 32.1. The zero-order chi connectivity index (χ0) is 32.4. The van der Waals surface area contributed by atoms with Crippen molar-refractivity contribution in [3.63, 3.8) is 0 Å². The molecule has 0 heterocycles. The highest BCUT2D eigenvalue weighted by Crippen LogP contribution is 2.51. The van der Waals surface area contributed by atoms with Crippen molar-refractivity contribution in [3.8, 4) is 33.4 Å². The van der Waals surface area contributed by atoms with Gasteiger partial charge in [-0.2, -0.15) is 12.6 Å². The van der Waals surface area contributed by atoms with Gasteiger partial charge in [-0.3, -0.25) is 0 Å². The van der Waals surface area contributed by atoms with Crippen molar-refractivity contribution in [2.45, 2.75) is 84.0 Å². The van der Waals surface area contributed by atoms with E-state index in [0.29, 0.717) is 0 Å². The second-order valence-electron chi connectivity index (χ2n) is 14.2. The normalized spacial score (nSPS) is 13.3. The molecule has 6 aromatic carbocycles. The predicted octanol–water partition coefficient (Wildman–Crippen LogP) is 13.5. The zero-order valence-electron chi connectivity index (χ0n) is 28.4. The van der Waals surface area contributed by atoms with Gasteiger partial charge in [0.15, 0.2) is 0 Å². The first-order valence-corrected chi connectivity index (χ1v) is 18.5. The Balaban J connectivity index is 1.30. The lowest BCUT2D eigenvalue weighted by atomic mass is 9.80. The number of hydrogen-bond donors (Lipinski definition) is 1. The van der Waals surface area contributed by atoms with Crippen molar-refractivity contribution in [1.82, 2.24) is 0 Å². The third-order valence-electron chi connectivity index (χ3n) is 10.7. The molecule has 1 heteroatoms. The molecule has 0 aromatic heterocycles. The largest absolute Gasteiger partial charge is 0.179 e. The van der Waals surface area contributed by atoms with Crippen molar-refractivity contribution >= 4 is 34.2 Å². The van der Waals surface area contributed by atoms with E-state index in [0.717, 1.165) is 12.2 Å². The first kappa shape index (κ1) is 31.8. The van der Waals surface area contributed by atoms with Gasteiger partial charge in [-0.05, 0) is 110 Å². The van der Waals surface area contributed by atoms with Gasteiger partial charge in [-0.15, -0.1) is 0 Å². The summed E-state index contributed by atoms with van der Waals surface area (Å²) in [5, 5.41) is 5.36. The molecule has 0 bridgehead atoms. The van der Waals surface area contributed by atoms with Gasteiger partial charge in [0.2, 0.25) is 0 Å². The molecule has 47 heavy (non-hydrogen) atoms. The first-order valence-electron chi connectivity index (χ1n) is 17.9. The maximum Gasteiger partial charge on any atom is 0.0159 e. The number of rotatable bonds is 12. The highest BCUT2D eigenvalue weighted by molar-refractivity contribution is 7.80. The minimum atomic E-state index is -0.0315. The van der Waals surface area contributed by atoms with Gasteiger partial charge in [0, 0.05) is 5.41 Å². The smallest absolute Gasteiger partial charge is 0.0159 e. The Morgan fingerprint density at radius 3 is 1.70 bits per heavy atom. The molecule has 0 aliphatic heterocycles. The topological polar surface area (TPSA) is 0 Å². The van der Waals surface area contributed by atoms with Crippen LogP contribution in [-0.4, -0.2) is 5.75 Å². The molecule has 0 N–H and O–H groups in total. The maximum absolute atomic E-state index is 4.35. The van der Waals surface area contributed by atoms with Crippen LogP contribution < -0.4 is 0 Å². The Morgan fingerprint density at radius 1 is 0.489 bits per heavy atom. The molecule has 0 saturated heterocycles. The lowest BCUT2D eigenvalue weighted by Crippen LogP contribution is -2.14. The molecule has 0 unspecified atom stereocenters. The van der Waals surface area contributed by atoms with E-state index >= 15 is 0 Å². The zero-order valence-corrected chi connectivity index (χ0v) is 29.3. The molecule has 0 saturated carbocycles. The summed E-state index contributed by atoms with van der Waals surface area (Å²) in [5.74, 6) is 1.02. The third-order valence-corrected chi connectivity index (χ3v) is 11.0. The van der Waals surface area contributed by atoms with Crippen LogP contribution >= 0.6 is 12.6 Å². The average Bonchev–Trinajstić information content (AvgIpc) is 3.32. The van der Waals surface area contributed by atoms with Gasteiger partial charge in [0.05, 0.1) is 0 Å². The maximum atomic E-state index is 4.35. The van der Waals surface area contributed by atoms with Crippen LogP contribution in [0.25, 0.3) is 54.9 Å². The quantitative estimate of drug-likeness (QED) is 0.0774. The fourth-order valence-electron chi connectivity index (χ4n) is 8.22. The molecule has 6 aromatic rings. The molecular weight excluding hydrogens is 585 g/mol. The van der Waals surface area contributed by atoms with Crippen LogP contribution in [0.2, 0.25) is 0 Å².